The van der Waals surface area contributed by atoms with Gasteiger partial charge in [-0.05, 0) is 59.9 Å². The predicted molar refractivity (Wildman–Crippen MR) is 98.4 cm³/mol. The summed E-state index contributed by atoms with van der Waals surface area (Å²) in [6.45, 7) is 1.75. The summed E-state index contributed by atoms with van der Waals surface area (Å²) in [5.41, 5.74) is 3.34. The topological polar surface area (TPSA) is 82.5 Å². The number of benzene rings is 2. The van der Waals surface area contributed by atoms with Gasteiger partial charge in [0.25, 0.3) is 5.89 Å². The smallest absolute Gasteiger partial charge is 0.260 e. The molecule has 0 radical (unpaired) electrons. The Balaban J connectivity index is 1.48. The zero-order valence-corrected chi connectivity index (χ0v) is 15.2. The lowest BCUT2D eigenvalue weighted by atomic mass is 9.82. The molecular weight excluding hydrogens is 359 g/mol. The molecule has 2 aromatic heterocycles. The summed E-state index contributed by atoms with van der Waals surface area (Å²) in [5, 5.41) is 15.4. The Hall–Kier alpha value is -3.42. The summed E-state index contributed by atoms with van der Waals surface area (Å²) in [7, 11) is 0. The first-order valence-corrected chi connectivity index (χ1v) is 9.17. The molecule has 4 aromatic rings. The minimum Gasteiger partial charge on any atom is -0.334 e. The third kappa shape index (κ3) is 2.77. The Morgan fingerprint density at radius 2 is 2.07 bits per heavy atom. The van der Waals surface area contributed by atoms with Crippen molar-refractivity contribution in [2.24, 2.45) is 0 Å². The highest BCUT2D eigenvalue weighted by atomic mass is 19.1. The molecule has 0 bridgehead atoms. The monoisotopic (exact) mass is 376 g/mol. The van der Waals surface area contributed by atoms with E-state index in [4.69, 9.17) is 4.52 Å². The quantitative estimate of drug-likeness (QED) is 0.543. The second kappa shape index (κ2) is 6.63. The van der Waals surface area contributed by atoms with Crippen molar-refractivity contribution >= 4 is 0 Å². The number of aryl methyl sites for hydroxylation is 2. The van der Waals surface area contributed by atoms with Gasteiger partial charge in [0.1, 0.15) is 5.82 Å². The van der Waals surface area contributed by atoms with Crippen LogP contribution in [0.2, 0.25) is 0 Å². The Bertz CT molecular complexity index is 1150. The van der Waals surface area contributed by atoms with Crippen LogP contribution in [0.15, 0.2) is 47.0 Å². The Morgan fingerprint density at radius 1 is 1.18 bits per heavy atom. The highest BCUT2D eigenvalue weighted by Crippen LogP contribution is 2.36. The summed E-state index contributed by atoms with van der Waals surface area (Å²) in [5.74, 6) is 0.959. The second-order valence-electron chi connectivity index (χ2n) is 6.90. The van der Waals surface area contributed by atoms with Gasteiger partial charge in [-0.25, -0.2) is 4.39 Å². The molecule has 1 atom stereocenters. The van der Waals surface area contributed by atoms with E-state index in [1.54, 1.807) is 19.1 Å². The van der Waals surface area contributed by atoms with Gasteiger partial charge < -0.3 is 4.52 Å². The van der Waals surface area contributed by atoms with E-state index in [1.165, 1.54) is 21.9 Å². The first-order valence-electron chi connectivity index (χ1n) is 9.17. The lowest BCUT2D eigenvalue weighted by molar-refractivity contribution is 0.413. The van der Waals surface area contributed by atoms with Gasteiger partial charge in [-0.1, -0.05) is 29.4 Å². The Morgan fingerprint density at radius 3 is 2.89 bits per heavy atom. The Kier molecular flexibility index (Phi) is 3.96. The van der Waals surface area contributed by atoms with Gasteiger partial charge in [-0.2, -0.15) is 9.67 Å². The summed E-state index contributed by atoms with van der Waals surface area (Å²) in [6, 6.07) is 13.0. The molecule has 1 aliphatic carbocycles. The number of hydrogen-bond donors (Lipinski definition) is 0. The van der Waals surface area contributed by atoms with Gasteiger partial charge in [0, 0.05) is 12.0 Å². The van der Waals surface area contributed by atoms with Crippen molar-refractivity contribution in [2.75, 3.05) is 0 Å². The van der Waals surface area contributed by atoms with E-state index in [9.17, 15) is 4.39 Å². The summed E-state index contributed by atoms with van der Waals surface area (Å²) < 4.78 is 21.6. The highest BCUT2D eigenvalue weighted by molar-refractivity contribution is 5.57. The van der Waals surface area contributed by atoms with Crippen LogP contribution in [0.25, 0.3) is 17.1 Å². The van der Waals surface area contributed by atoms with Gasteiger partial charge in [-0.3, -0.25) is 0 Å². The van der Waals surface area contributed by atoms with E-state index >= 15 is 0 Å². The fourth-order valence-electron chi connectivity index (χ4n) is 3.79. The van der Waals surface area contributed by atoms with E-state index in [1.807, 2.05) is 12.1 Å². The molecule has 140 valence electrons. The van der Waals surface area contributed by atoms with E-state index < -0.39 is 5.82 Å². The fourth-order valence-corrected chi connectivity index (χ4v) is 3.79. The number of aromatic nitrogens is 6. The number of fused-ring (bicyclic) bond motifs is 1. The van der Waals surface area contributed by atoms with Crippen molar-refractivity contribution < 1.29 is 8.91 Å². The van der Waals surface area contributed by atoms with Crippen LogP contribution >= 0.6 is 0 Å². The first kappa shape index (κ1) is 16.7. The van der Waals surface area contributed by atoms with Crippen molar-refractivity contribution in [3.05, 3.63) is 71.1 Å². The molecule has 28 heavy (non-hydrogen) atoms. The van der Waals surface area contributed by atoms with Gasteiger partial charge in [0.05, 0.1) is 11.3 Å². The number of hydrogen-bond acceptors (Lipinski definition) is 6. The van der Waals surface area contributed by atoms with E-state index in [-0.39, 0.29) is 17.4 Å². The normalized spacial score (nSPS) is 16.1. The van der Waals surface area contributed by atoms with E-state index in [2.05, 4.69) is 37.8 Å². The summed E-state index contributed by atoms with van der Waals surface area (Å²) in [6.07, 6.45) is 3.08. The van der Waals surface area contributed by atoms with Crippen LogP contribution in [0.3, 0.4) is 0 Å². The third-order valence-electron chi connectivity index (χ3n) is 5.18. The minimum atomic E-state index is -0.466. The van der Waals surface area contributed by atoms with Gasteiger partial charge in [-0.15, -0.1) is 5.10 Å². The number of tetrazole rings is 1. The van der Waals surface area contributed by atoms with Crippen molar-refractivity contribution in [3.63, 3.8) is 0 Å². The van der Waals surface area contributed by atoms with Crippen LogP contribution in [0.4, 0.5) is 4.39 Å². The largest absolute Gasteiger partial charge is 0.334 e. The fraction of sp³-hybridized carbons (Fsp3) is 0.250. The third-order valence-corrected chi connectivity index (χ3v) is 5.18. The maximum atomic E-state index is 14.7. The molecule has 2 aromatic carbocycles. The molecule has 0 fully saturated rings. The van der Waals surface area contributed by atoms with Crippen molar-refractivity contribution in [1.82, 2.24) is 30.3 Å². The zero-order chi connectivity index (χ0) is 19.1. The van der Waals surface area contributed by atoms with E-state index in [0.717, 1.165) is 19.3 Å². The molecule has 0 N–H and O–H groups in total. The first-order chi connectivity index (χ1) is 13.7. The van der Waals surface area contributed by atoms with Gasteiger partial charge in [0.2, 0.25) is 0 Å². The van der Waals surface area contributed by atoms with Crippen LogP contribution < -0.4 is 0 Å². The minimum absolute atomic E-state index is 0.0775. The molecule has 0 amide bonds. The van der Waals surface area contributed by atoms with Crippen LogP contribution in [0.5, 0.6) is 0 Å². The lowest BCUT2D eigenvalue weighted by Crippen LogP contribution is -2.12. The van der Waals surface area contributed by atoms with Crippen LogP contribution in [-0.4, -0.2) is 30.3 Å². The second-order valence-corrected chi connectivity index (χ2v) is 6.90. The molecule has 0 aliphatic heterocycles. The Labute approximate surface area is 160 Å². The molecular formula is C20H17FN6O. The van der Waals surface area contributed by atoms with Crippen LogP contribution in [0.1, 0.15) is 41.5 Å². The molecule has 0 saturated heterocycles. The van der Waals surface area contributed by atoms with Crippen molar-refractivity contribution in [1.29, 1.82) is 0 Å². The highest BCUT2D eigenvalue weighted by Gasteiger charge is 2.26. The molecule has 2 heterocycles. The summed E-state index contributed by atoms with van der Waals surface area (Å²) in [4.78, 5) is 4.51. The number of rotatable bonds is 3. The van der Waals surface area contributed by atoms with Crippen molar-refractivity contribution in [2.45, 2.75) is 32.1 Å². The molecule has 5 rings (SSSR count). The van der Waals surface area contributed by atoms with Crippen LogP contribution in [-0.2, 0) is 6.42 Å². The maximum absolute atomic E-state index is 14.7. The number of halogens is 1. The van der Waals surface area contributed by atoms with Crippen molar-refractivity contribution in [3.8, 4) is 17.1 Å². The lowest BCUT2D eigenvalue weighted by Gasteiger charge is -2.22. The average Bonchev–Trinajstić information content (AvgIpc) is 3.37. The van der Waals surface area contributed by atoms with Crippen LogP contribution in [0, 0.1) is 12.7 Å². The molecule has 7 nitrogen and oxygen atoms in total. The van der Waals surface area contributed by atoms with Gasteiger partial charge >= 0.3 is 0 Å². The van der Waals surface area contributed by atoms with E-state index in [0.29, 0.717) is 17.3 Å². The molecule has 8 heteroatoms. The zero-order valence-electron chi connectivity index (χ0n) is 15.2. The molecule has 0 saturated carbocycles. The molecule has 1 unspecified atom stereocenters. The molecule has 1 aliphatic rings. The average molecular weight is 376 g/mol. The predicted octanol–water partition coefficient (Wildman–Crippen LogP) is 3.63. The van der Waals surface area contributed by atoms with Gasteiger partial charge in [0.15, 0.2) is 11.6 Å². The number of nitrogens with zero attached hydrogens (tertiary/aromatic N) is 6. The summed E-state index contributed by atoms with van der Waals surface area (Å²) >= 11 is 0. The molecule has 0 spiro atoms. The maximum Gasteiger partial charge on any atom is 0.260 e. The SMILES string of the molecule is Cc1nnnn1-c1ccc(-c2nc(C3CCCc4ccccc43)no2)c(F)c1. The standard InChI is InChI=1S/C20H17FN6O/c1-12-23-25-26-27(12)14-9-10-17(18(21)11-14)20-22-19(24-28-20)16-8-4-6-13-5-2-3-7-15(13)16/h2-3,5,7,9-11,16H,4,6,8H2,1H3.